The molecule has 0 saturated heterocycles. The molecule has 0 spiro atoms. The van der Waals surface area contributed by atoms with Gasteiger partial charge in [-0.1, -0.05) is 6.08 Å². The lowest BCUT2D eigenvalue weighted by molar-refractivity contribution is 0.647. The zero-order valence-electron chi connectivity index (χ0n) is 5.49. The summed E-state index contributed by atoms with van der Waals surface area (Å²) in [6, 6.07) is 0. The van der Waals surface area contributed by atoms with Crippen LogP contribution in [-0.2, 0) is 0 Å². The van der Waals surface area contributed by atoms with Crippen molar-refractivity contribution in [2.75, 3.05) is 5.75 Å². The second kappa shape index (κ2) is 2.93. The Hall–Kier alpha value is -0.0200. The van der Waals surface area contributed by atoms with Crippen LogP contribution in [0.2, 0.25) is 0 Å². The molecule has 2 aliphatic rings. The first-order valence-corrected chi connectivity index (χ1v) is 5.31. The van der Waals surface area contributed by atoms with Crippen molar-refractivity contribution in [1.82, 2.24) is 5.32 Å². The van der Waals surface area contributed by atoms with Gasteiger partial charge in [-0.25, -0.2) is 0 Å². The monoisotopic (exact) mass is 171 g/mol. The van der Waals surface area contributed by atoms with E-state index in [-0.39, 0.29) is 0 Å². The third-order valence-electron chi connectivity index (χ3n) is 1.65. The SMILES string of the molecule is C1=CSC(C2C=CSC2)N1. The summed E-state index contributed by atoms with van der Waals surface area (Å²) in [6.45, 7) is 0. The third kappa shape index (κ3) is 1.20. The summed E-state index contributed by atoms with van der Waals surface area (Å²) in [4.78, 5) is 0. The van der Waals surface area contributed by atoms with Crippen molar-refractivity contribution in [3.63, 3.8) is 0 Å². The number of nitrogens with one attached hydrogen (secondary N) is 1. The minimum Gasteiger partial charge on any atom is -0.378 e. The highest BCUT2D eigenvalue weighted by atomic mass is 32.2. The first-order chi connectivity index (χ1) is 4.97. The van der Waals surface area contributed by atoms with E-state index in [1.165, 1.54) is 5.75 Å². The standard InChI is InChI=1S/C7H9NS2/c1-3-9-5-6(1)7-8-2-4-10-7/h1-4,6-8H,5H2. The number of thioether (sulfide) groups is 2. The third-order valence-corrected chi connectivity index (χ3v) is 3.65. The predicted octanol–water partition coefficient (Wildman–Crippen LogP) is 2.00. The average molecular weight is 171 g/mol. The maximum atomic E-state index is 3.32. The lowest BCUT2D eigenvalue weighted by Crippen LogP contribution is -2.25. The fourth-order valence-corrected chi connectivity index (χ4v) is 3.03. The van der Waals surface area contributed by atoms with E-state index < -0.39 is 0 Å². The Labute approximate surface area is 69.3 Å². The highest BCUT2D eigenvalue weighted by Crippen LogP contribution is 2.31. The van der Waals surface area contributed by atoms with E-state index >= 15 is 0 Å². The van der Waals surface area contributed by atoms with Gasteiger partial charge in [0, 0.05) is 17.9 Å². The first kappa shape index (κ1) is 6.68. The normalized spacial score (nSPS) is 36.8. The molecule has 0 radical (unpaired) electrons. The Morgan fingerprint density at radius 3 is 3.00 bits per heavy atom. The van der Waals surface area contributed by atoms with Gasteiger partial charge in [-0.15, -0.1) is 23.5 Å². The topological polar surface area (TPSA) is 12.0 Å². The molecule has 0 aromatic heterocycles. The van der Waals surface area contributed by atoms with Gasteiger partial charge in [-0.3, -0.25) is 0 Å². The molecule has 2 atom stereocenters. The highest BCUT2D eigenvalue weighted by Gasteiger charge is 2.22. The summed E-state index contributed by atoms with van der Waals surface area (Å²) < 4.78 is 0. The summed E-state index contributed by atoms with van der Waals surface area (Å²) in [5.41, 5.74) is 0. The quantitative estimate of drug-likeness (QED) is 0.648. The number of hydrogen-bond acceptors (Lipinski definition) is 3. The van der Waals surface area contributed by atoms with Gasteiger partial charge < -0.3 is 5.32 Å². The number of rotatable bonds is 1. The molecule has 0 aliphatic carbocycles. The Morgan fingerprint density at radius 1 is 1.40 bits per heavy atom. The molecule has 54 valence electrons. The Balaban J connectivity index is 1.93. The van der Waals surface area contributed by atoms with Gasteiger partial charge >= 0.3 is 0 Å². The van der Waals surface area contributed by atoms with E-state index in [2.05, 4.69) is 22.2 Å². The molecule has 0 aromatic carbocycles. The van der Waals surface area contributed by atoms with Crippen LogP contribution < -0.4 is 5.32 Å². The van der Waals surface area contributed by atoms with Crippen molar-refractivity contribution in [2.24, 2.45) is 5.92 Å². The van der Waals surface area contributed by atoms with Crippen LogP contribution in [0.4, 0.5) is 0 Å². The summed E-state index contributed by atoms with van der Waals surface area (Å²) in [5.74, 6) is 1.97. The minimum atomic E-state index is 0.603. The van der Waals surface area contributed by atoms with Crippen molar-refractivity contribution in [3.05, 3.63) is 23.1 Å². The Morgan fingerprint density at radius 2 is 2.40 bits per heavy atom. The van der Waals surface area contributed by atoms with E-state index in [4.69, 9.17) is 0 Å². The van der Waals surface area contributed by atoms with Crippen molar-refractivity contribution in [2.45, 2.75) is 5.37 Å². The molecule has 2 rings (SSSR count). The van der Waals surface area contributed by atoms with Crippen molar-refractivity contribution in [1.29, 1.82) is 0 Å². The largest absolute Gasteiger partial charge is 0.378 e. The lowest BCUT2D eigenvalue weighted by atomic mass is 10.2. The van der Waals surface area contributed by atoms with E-state index in [1.54, 1.807) is 0 Å². The van der Waals surface area contributed by atoms with Crippen LogP contribution in [0.3, 0.4) is 0 Å². The summed E-state index contributed by atoms with van der Waals surface area (Å²) >= 11 is 3.79. The fourth-order valence-electron chi connectivity index (χ4n) is 1.09. The van der Waals surface area contributed by atoms with Crippen LogP contribution in [-0.4, -0.2) is 11.1 Å². The van der Waals surface area contributed by atoms with Gasteiger partial charge in [0.2, 0.25) is 0 Å². The van der Waals surface area contributed by atoms with E-state index in [9.17, 15) is 0 Å². The maximum Gasteiger partial charge on any atom is 0.0830 e. The summed E-state index contributed by atoms with van der Waals surface area (Å²) in [5, 5.41) is 8.25. The first-order valence-electron chi connectivity index (χ1n) is 3.31. The smallest absolute Gasteiger partial charge is 0.0830 e. The highest BCUT2D eigenvalue weighted by molar-refractivity contribution is 8.03. The zero-order valence-corrected chi connectivity index (χ0v) is 7.12. The molecule has 0 bridgehead atoms. The summed E-state index contributed by atoms with van der Waals surface area (Å²) in [7, 11) is 0. The lowest BCUT2D eigenvalue weighted by Gasteiger charge is -2.15. The maximum absolute atomic E-state index is 3.32. The zero-order chi connectivity index (χ0) is 6.81. The van der Waals surface area contributed by atoms with E-state index in [0.717, 1.165) is 5.92 Å². The van der Waals surface area contributed by atoms with Crippen LogP contribution in [0, 0.1) is 5.92 Å². The van der Waals surface area contributed by atoms with Crippen molar-refractivity contribution in [3.8, 4) is 0 Å². The molecule has 2 heterocycles. The molecule has 1 N–H and O–H groups in total. The van der Waals surface area contributed by atoms with Crippen LogP contribution in [0.25, 0.3) is 0 Å². The van der Waals surface area contributed by atoms with Gasteiger partial charge in [0.25, 0.3) is 0 Å². The predicted molar refractivity (Wildman–Crippen MR) is 48.7 cm³/mol. The average Bonchev–Trinajstić information content (AvgIpc) is 2.59. The van der Waals surface area contributed by atoms with Crippen LogP contribution in [0.1, 0.15) is 0 Å². The molecular weight excluding hydrogens is 162 g/mol. The second-order valence-electron chi connectivity index (χ2n) is 2.35. The molecule has 0 fully saturated rings. The molecule has 3 heteroatoms. The Bertz CT molecular complexity index is 168. The molecule has 2 aliphatic heterocycles. The molecule has 1 nitrogen and oxygen atoms in total. The number of hydrogen-bond donors (Lipinski definition) is 1. The second-order valence-corrected chi connectivity index (χ2v) is 4.34. The fraction of sp³-hybridized carbons (Fsp3) is 0.429. The molecule has 2 unspecified atom stereocenters. The van der Waals surface area contributed by atoms with Gasteiger partial charge in [0.15, 0.2) is 0 Å². The van der Waals surface area contributed by atoms with Crippen LogP contribution in [0.15, 0.2) is 23.1 Å². The van der Waals surface area contributed by atoms with Gasteiger partial charge in [-0.2, -0.15) is 0 Å². The van der Waals surface area contributed by atoms with Crippen LogP contribution >= 0.6 is 23.5 Å². The van der Waals surface area contributed by atoms with Gasteiger partial charge in [0.05, 0.1) is 5.37 Å². The molecular formula is C7H9NS2. The minimum absolute atomic E-state index is 0.603. The molecule has 10 heavy (non-hydrogen) atoms. The van der Waals surface area contributed by atoms with E-state index in [0.29, 0.717) is 5.37 Å². The molecule has 0 amide bonds. The van der Waals surface area contributed by atoms with Crippen LogP contribution in [0.5, 0.6) is 0 Å². The van der Waals surface area contributed by atoms with Crippen molar-refractivity contribution < 1.29 is 0 Å². The van der Waals surface area contributed by atoms with Crippen molar-refractivity contribution >= 4 is 23.5 Å². The van der Waals surface area contributed by atoms with E-state index in [1.807, 2.05) is 29.7 Å². The Kier molecular flexibility index (Phi) is 1.95. The molecule has 0 aromatic rings. The summed E-state index contributed by atoms with van der Waals surface area (Å²) in [6.07, 6.45) is 4.33. The van der Waals surface area contributed by atoms with Gasteiger partial charge in [0.1, 0.15) is 0 Å². The van der Waals surface area contributed by atoms with Gasteiger partial charge in [-0.05, 0) is 10.8 Å². The molecule has 0 saturated carbocycles.